The molecule has 1 aliphatic rings. The number of rotatable bonds is 22. The first-order valence-corrected chi connectivity index (χ1v) is 32.6. The molecule has 0 bridgehead atoms. The molecule has 6 N–H and O–H groups in total. The molecule has 0 radical (unpaired) electrons. The number of fused-ring (bicyclic) bond motifs is 3. The van der Waals surface area contributed by atoms with Gasteiger partial charge in [0, 0.05) is 132 Å². The van der Waals surface area contributed by atoms with Crippen molar-refractivity contribution in [3.05, 3.63) is 231 Å². The van der Waals surface area contributed by atoms with Gasteiger partial charge in [-0.3, -0.25) is 29.3 Å². The SMILES string of the molecule is Cc1c(F)c(F)c(C(=O)NCCCNc2ccnc3cc(Cl)ccc23)c(F)c1F.O=C(NCCCNc1ccnc2cc(Cl)ccc12)c1ccccc1SC1CCCCC1.O=C(NCCCNc1ccnc2cc(Cl)ccc12)c1ccccc1Sc1ccccc1. The molecule has 470 valence electrons. The number of pyridine rings is 3. The zero-order chi connectivity index (χ0) is 64.1. The largest absolute Gasteiger partial charge is 0.384 e. The molecule has 0 unspecified atom stereocenters. The molecule has 10 aromatic rings. The number of aromatic nitrogens is 3. The van der Waals surface area contributed by atoms with Crippen molar-refractivity contribution in [2.45, 2.75) is 78.2 Å². The average molecular weight is 1330 g/mol. The maximum absolute atomic E-state index is 13.9. The van der Waals surface area contributed by atoms with E-state index in [1.807, 2.05) is 139 Å². The zero-order valence-corrected chi connectivity index (χ0v) is 53.6. The highest BCUT2D eigenvalue weighted by molar-refractivity contribution is 8.00. The first kappa shape index (κ1) is 67.3. The van der Waals surface area contributed by atoms with Crippen molar-refractivity contribution in [3.8, 4) is 0 Å². The third kappa shape index (κ3) is 18.8. The van der Waals surface area contributed by atoms with Gasteiger partial charge in [-0.2, -0.15) is 0 Å². The minimum Gasteiger partial charge on any atom is -0.384 e. The molecule has 1 saturated carbocycles. The number of nitrogens with zero attached hydrogens (tertiary/aromatic N) is 3. The summed E-state index contributed by atoms with van der Waals surface area (Å²) in [4.78, 5) is 53.6. The molecular weight excluding hydrogens is 1260 g/mol. The van der Waals surface area contributed by atoms with Crippen LogP contribution in [0, 0.1) is 30.2 Å². The van der Waals surface area contributed by atoms with Gasteiger partial charge in [0.2, 0.25) is 0 Å². The third-order valence-corrected chi connectivity index (χ3v) is 18.0. The minimum atomic E-state index is -1.71. The molecule has 1 aliphatic carbocycles. The van der Waals surface area contributed by atoms with E-state index in [9.17, 15) is 31.9 Å². The van der Waals surface area contributed by atoms with Crippen LogP contribution in [0.25, 0.3) is 32.7 Å². The molecule has 3 aromatic heterocycles. The Morgan fingerprint density at radius 2 is 0.857 bits per heavy atom. The Bertz CT molecular complexity index is 4130. The van der Waals surface area contributed by atoms with Gasteiger partial charge >= 0.3 is 0 Å². The van der Waals surface area contributed by atoms with Crippen LogP contribution in [0.4, 0.5) is 34.6 Å². The Balaban J connectivity index is 0.000000162. The van der Waals surface area contributed by atoms with Crippen LogP contribution in [0.1, 0.15) is 88.0 Å². The Labute approximate surface area is 549 Å². The van der Waals surface area contributed by atoms with Crippen molar-refractivity contribution in [3.63, 3.8) is 0 Å². The summed E-state index contributed by atoms with van der Waals surface area (Å²) >= 11 is 21.5. The van der Waals surface area contributed by atoms with E-state index in [1.165, 1.54) is 32.1 Å². The quantitative estimate of drug-likeness (QED) is 0.0218. The Morgan fingerprint density at radius 3 is 1.31 bits per heavy atom. The molecular formula is C70H66Cl3F4N9O3S2. The summed E-state index contributed by atoms with van der Waals surface area (Å²) < 4.78 is 54.9. The summed E-state index contributed by atoms with van der Waals surface area (Å²) in [6, 6.07) is 48.1. The maximum atomic E-state index is 13.9. The van der Waals surface area contributed by atoms with Crippen LogP contribution in [-0.4, -0.2) is 77.2 Å². The van der Waals surface area contributed by atoms with Crippen molar-refractivity contribution < 1.29 is 31.9 Å². The van der Waals surface area contributed by atoms with Crippen LogP contribution >= 0.6 is 58.3 Å². The topological polar surface area (TPSA) is 162 Å². The van der Waals surface area contributed by atoms with Crippen LogP contribution in [0.15, 0.2) is 185 Å². The first-order valence-electron chi connectivity index (χ1n) is 29.8. The molecule has 0 spiro atoms. The summed E-state index contributed by atoms with van der Waals surface area (Å²) in [6.45, 7) is 4.07. The molecule has 11 rings (SSSR count). The smallest absolute Gasteiger partial charge is 0.257 e. The number of carbonyl (C=O) groups excluding carboxylic acids is 3. The van der Waals surface area contributed by atoms with Crippen molar-refractivity contribution in [2.24, 2.45) is 0 Å². The Morgan fingerprint density at radius 1 is 0.462 bits per heavy atom. The van der Waals surface area contributed by atoms with Crippen LogP contribution in [0.3, 0.4) is 0 Å². The highest BCUT2D eigenvalue weighted by Crippen LogP contribution is 2.36. The number of halogens is 7. The predicted molar refractivity (Wildman–Crippen MR) is 364 cm³/mol. The third-order valence-electron chi connectivity index (χ3n) is 14.8. The number of thioether (sulfide) groups is 1. The molecule has 0 aliphatic heterocycles. The Kier molecular flexibility index (Phi) is 25.0. The van der Waals surface area contributed by atoms with Crippen molar-refractivity contribution >= 4 is 126 Å². The number of anilines is 3. The standard InChI is InChI=1S/C25H28ClN3OS.C25H22ClN3OS.C20H16ClF4N3O/c2*26-18-11-12-20-22(13-16-28-23(20)17-18)27-14-6-15-29-25(30)21-9-4-5-10-24(21)31-19-7-2-1-3-8-19;1-10-16(22)18(24)15(19(25)17(10)23)20(29)28-7-2-6-26-13-5-8-27-14-9-11(21)3-4-12(13)14/h4-5,9-13,16-17,19H,1-3,6-8,14-15H2,(H,27,28)(H,29,30);1-5,7-13,16-17H,6,14-15H2,(H,27,28)(H,29,30);3-5,8-9H,2,6-7H2,1H3,(H,26,27)(H,28,29). The summed E-state index contributed by atoms with van der Waals surface area (Å²) in [6.07, 6.45) is 13.7. The van der Waals surface area contributed by atoms with Crippen LogP contribution in [-0.2, 0) is 0 Å². The summed E-state index contributed by atoms with van der Waals surface area (Å²) in [7, 11) is 0. The lowest BCUT2D eigenvalue weighted by atomic mass is 10.0. The van der Waals surface area contributed by atoms with E-state index in [2.05, 4.69) is 52.9 Å². The molecule has 0 saturated heterocycles. The highest BCUT2D eigenvalue weighted by atomic mass is 35.5. The van der Waals surface area contributed by atoms with Gasteiger partial charge in [-0.05, 0) is 148 Å². The second kappa shape index (κ2) is 33.8. The molecule has 12 nitrogen and oxygen atoms in total. The van der Waals surface area contributed by atoms with Gasteiger partial charge in [0.25, 0.3) is 17.7 Å². The van der Waals surface area contributed by atoms with Gasteiger partial charge in [-0.15, -0.1) is 11.8 Å². The van der Waals surface area contributed by atoms with Crippen LogP contribution in [0.2, 0.25) is 15.1 Å². The van der Waals surface area contributed by atoms with Crippen LogP contribution in [0.5, 0.6) is 0 Å². The van der Waals surface area contributed by atoms with Crippen LogP contribution < -0.4 is 31.9 Å². The predicted octanol–water partition coefficient (Wildman–Crippen LogP) is 17.8. The molecule has 3 amide bonds. The van der Waals surface area contributed by atoms with Gasteiger partial charge in [0.1, 0.15) is 5.56 Å². The van der Waals surface area contributed by atoms with E-state index < -0.39 is 40.3 Å². The molecule has 7 aromatic carbocycles. The fourth-order valence-electron chi connectivity index (χ4n) is 10.1. The molecule has 0 atom stereocenters. The van der Waals surface area contributed by atoms with E-state index >= 15 is 0 Å². The van der Waals surface area contributed by atoms with Gasteiger partial charge in [-0.1, -0.05) is 108 Å². The normalized spacial score (nSPS) is 12.1. The second-order valence-corrected chi connectivity index (χ2v) is 25.0. The molecule has 3 heterocycles. The number of hydrogen-bond acceptors (Lipinski definition) is 11. The number of carbonyl (C=O) groups is 3. The van der Waals surface area contributed by atoms with Crippen molar-refractivity contribution in [1.82, 2.24) is 30.9 Å². The van der Waals surface area contributed by atoms with Gasteiger partial charge in [0.15, 0.2) is 23.3 Å². The lowest BCUT2D eigenvalue weighted by Crippen LogP contribution is -2.28. The summed E-state index contributed by atoms with van der Waals surface area (Å²) in [5, 5.41) is 23.9. The fraction of sp³-hybridized carbons (Fsp3) is 0.229. The van der Waals surface area contributed by atoms with E-state index in [4.69, 9.17) is 34.8 Å². The number of benzene rings is 7. The van der Waals surface area contributed by atoms with Gasteiger partial charge < -0.3 is 31.9 Å². The van der Waals surface area contributed by atoms with E-state index in [1.54, 1.807) is 48.6 Å². The average Bonchev–Trinajstić information content (AvgIpc) is 1.15. The van der Waals surface area contributed by atoms with Crippen molar-refractivity contribution in [2.75, 3.05) is 55.2 Å². The molecule has 1 fully saturated rings. The zero-order valence-electron chi connectivity index (χ0n) is 49.7. The Hall–Kier alpha value is -8.13. The fourth-order valence-corrected chi connectivity index (χ4v) is 12.9. The van der Waals surface area contributed by atoms with Crippen molar-refractivity contribution in [1.29, 1.82) is 0 Å². The first-order chi connectivity index (χ1) is 44.2. The lowest BCUT2D eigenvalue weighted by Gasteiger charge is -2.22. The monoisotopic (exact) mass is 1330 g/mol. The van der Waals surface area contributed by atoms with E-state index in [0.29, 0.717) is 57.5 Å². The second-order valence-electron chi connectivity index (χ2n) is 21.2. The molecule has 91 heavy (non-hydrogen) atoms. The summed E-state index contributed by atoms with van der Waals surface area (Å²) in [5.74, 6) is -7.84. The lowest BCUT2D eigenvalue weighted by molar-refractivity contribution is 0.0936. The van der Waals surface area contributed by atoms with Gasteiger partial charge in [-0.25, -0.2) is 17.6 Å². The number of hydrogen-bond donors (Lipinski definition) is 6. The molecule has 21 heteroatoms. The number of amides is 3. The maximum Gasteiger partial charge on any atom is 0.257 e. The van der Waals surface area contributed by atoms with E-state index in [-0.39, 0.29) is 18.4 Å². The minimum absolute atomic E-state index is 0.0166. The number of nitrogens with one attached hydrogen (secondary N) is 6. The van der Waals surface area contributed by atoms with Gasteiger partial charge in [0.05, 0.1) is 27.7 Å². The highest BCUT2D eigenvalue weighted by Gasteiger charge is 2.27. The van der Waals surface area contributed by atoms with E-state index in [0.717, 1.165) is 97.4 Å². The summed E-state index contributed by atoms with van der Waals surface area (Å²) in [5.41, 5.74) is 4.70.